The van der Waals surface area contributed by atoms with Crippen LogP contribution in [0.15, 0.2) is 186 Å². The van der Waals surface area contributed by atoms with E-state index in [4.69, 9.17) is 19.4 Å². The van der Waals surface area contributed by atoms with E-state index in [9.17, 15) is 0 Å². The minimum atomic E-state index is 0.586. The number of aromatic nitrogens is 4. The van der Waals surface area contributed by atoms with E-state index >= 15 is 0 Å². The van der Waals surface area contributed by atoms with Gasteiger partial charge < -0.3 is 8.98 Å². The van der Waals surface area contributed by atoms with Crippen molar-refractivity contribution in [1.29, 1.82) is 0 Å². The summed E-state index contributed by atoms with van der Waals surface area (Å²) in [5.74, 6) is 1.82. The van der Waals surface area contributed by atoms with Gasteiger partial charge in [0, 0.05) is 64.1 Å². The maximum atomic E-state index is 6.89. The van der Waals surface area contributed by atoms with Crippen LogP contribution in [-0.4, -0.2) is 19.5 Å². The van der Waals surface area contributed by atoms with Crippen molar-refractivity contribution in [1.82, 2.24) is 19.5 Å². The molecule has 0 spiro atoms. The normalized spacial score (nSPS) is 11.9. The number of thiophene rings is 1. The molecule has 0 atom stereocenters. The average molecular weight is 747 g/mol. The van der Waals surface area contributed by atoms with E-state index < -0.39 is 0 Å². The van der Waals surface area contributed by atoms with Gasteiger partial charge in [0.2, 0.25) is 0 Å². The smallest absolute Gasteiger partial charge is 0.164 e. The zero-order valence-electron chi connectivity index (χ0n) is 30.4. The number of nitrogens with zero attached hydrogens (tertiary/aromatic N) is 4. The second-order valence-corrected chi connectivity index (χ2v) is 15.5. The molecule has 0 aliphatic carbocycles. The van der Waals surface area contributed by atoms with Crippen LogP contribution in [-0.2, 0) is 0 Å². The summed E-state index contributed by atoms with van der Waals surface area (Å²) < 4.78 is 11.7. The van der Waals surface area contributed by atoms with Crippen LogP contribution in [0.25, 0.3) is 115 Å². The number of rotatable bonds is 5. The summed E-state index contributed by atoms with van der Waals surface area (Å²) in [6.07, 6.45) is 0. The molecule has 0 bridgehead atoms. The van der Waals surface area contributed by atoms with E-state index in [1.54, 1.807) is 11.3 Å². The largest absolute Gasteiger partial charge is 0.454 e. The Bertz CT molecular complexity index is 3510. The van der Waals surface area contributed by atoms with E-state index in [0.29, 0.717) is 17.5 Å². The molecule has 0 N–H and O–H groups in total. The van der Waals surface area contributed by atoms with Crippen LogP contribution in [0.3, 0.4) is 0 Å². The molecule has 0 radical (unpaired) electrons. The fourth-order valence-corrected chi connectivity index (χ4v) is 9.42. The van der Waals surface area contributed by atoms with Crippen molar-refractivity contribution in [2.45, 2.75) is 0 Å². The molecule has 0 saturated heterocycles. The highest BCUT2D eigenvalue weighted by Gasteiger charge is 2.20. The van der Waals surface area contributed by atoms with Crippen LogP contribution in [0, 0.1) is 0 Å². The van der Waals surface area contributed by atoms with Gasteiger partial charge in [-0.3, -0.25) is 0 Å². The number of hydrogen-bond donors (Lipinski definition) is 0. The highest BCUT2D eigenvalue weighted by molar-refractivity contribution is 7.25. The molecule has 0 amide bonds. The van der Waals surface area contributed by atoms with E-state index in [0.717, 1.165) is 71.9 Å². The Kier molecular flexibility index (Phi) is 7.03. The van der Waals surface area contributed by atoms with Crippen molar-refractivity contribution in [3.8, 4) is 51.0 Å². The Balaban J connectivity index is 1.05. The standard InChI is InChI=1S/C51H30N4OS/c1-3-11-31(12-4-1)32-19-21-33(22-20-32)49-52-50(34-24-28-46-42(29-34)39-16-8-10-18-45(39)57-46)54-51(53-49)35-23-25-38-41-27-26-40-37-15-7-9-17-43(37)55(36-13-5-2-6-14-36)47(40)48(41)56-44(38)30-35/h1-30H. The molecule has 0 unspecified atom stereocenters. The number of fused-ring (bicyclic) bond motifs is 10. The van der Waals surface area contributed by atoms with Crippen LogP contribution in [0.4, 0.5) is 0 Å². The quantitative estimate of drug-likeness (QED) is 0.176. The summed E-state index contributed by atoms with van der Waals surface area (Å²) in [6.45, 7) is 0. The van der Waals surface area contributed by atoms with Gasteiger partial charge in [0.05, 0.1) is 11.0 Å². The molecule has 12 rings (SSSR count). The van der Waals surface area contributed by atoms with E-state index in [-0.39, 0.29) is 0 Å². The zero-order chi connectivity index (χ0) is 37.5. The first kappa shape index (κ1) is 31.9. The Morgan fingerprint density at radius 3 is 1.75 bits per heavy atom. The van der Waals surface area contributed by atoms with Crippen molar-refractivity contribution in [3.63, 3.8) is 0 Å². The van der Waals surface area contributed by atoms with Crippen molar-refractivity contribution >= 4 is 75.3 Å². The van der Waals surface area contributed by atoms with Gasteiger partial charge in [0.15, 0.2) is 23.1 Å². The number of furan rings is 1. The summed E-state index contributed by atoms with van der Waals surface area (Å²) in [4.78, 5) is 15.4. The van der Waals surface area contributed by atoms with Crippen LogP contribution in [0.1, 0.15) is 0 Å². The van der Waals surface area contributed by atoms with Gasteiger partial charge in [0.1, 0.15) is 5.58 Å². The maximum Gasteiger partial charge on any atom is 0.164 e. The molecule has 0 fully saturated rings. The molecule has 4 heterocycles. The lowest BCUT2D eigenvalue weighted by molar-refractivity contribution is 0.671. The van der Waals surface area contributed by atoms with E-state index in [2.05, 4.69) is 180 Å². The molecule has 0 saturated carbocycles. The molecule has 4 aromatic heterocycles. The lowest BCUT2D eigenvalue weighted by atomic mass is 10.0. The molecule has 12 aromatic rings. The predicted octanol–water partition coefficient (Wildman–Crippen LogP) is 13.9. The number of para-hydroxylation sites is 2. The first-order valence-electron chi connectivity index (χ1n) is 19.0. The van der Waals surface area contributed by atoms with Crippen molar-refractivity contribution in [3.05, 3.63) is 182 Å². The summed E-state index contributed by atoms with van der Waals surface area (Å²) in [5, 5.41) is 6.89. The molecule has 6 heteroatoms. The first-order chi connectivity index (χ1) is 28.2. The van der Waals surface area contributed by atoms with Crippen LogP contribution in [0.2, 0.25) is 0 Å². The Labute approximate surface area is 330 Å². The van der Waals surface area contributed by atoms with Gasteiger partial charge in [-0.05, 0) is 71.8 Å². The molecule has 266 valence electrons. The lowest BCUT2D eigenvalue weighted by Gasteiger charge is -2.09. The van der Waals surface area contributed by atoms with Gasteiger partial charge in [-0.25, -0.2) is 15.0 Å². The maximum absolute atomic E-state index is 6.89. The fourth-order valence-electron chi connectivity index (χ4n) is 8.34. The van der Waals surface area contributed by atoms with Gasteiger partial charge >= 0.3 is 0 Å². The minimum absolute atomic E-state index is 0.586. The van der Waals surface area contributed by atoms with Crippen molar-refractivity contribution < 1.29 is 4.42 Å². The number of benzene rings is 8. The first-order valence-corrected chi connectivity index (χ1v) is 19.8. The Morgan fingerprint density at radius 2 is 0.947 bits per heavy atom. The predicted molar refractivity (Wildman–Crippen MR) is 236 cm³/mol. The van der Waals surface area contributed by atoms with Crippen LogP contribution >= 0.6 is 11.3 Å². The molecule has 0 aliphatic rings. The number of hydrogen-bond acceptors (Lipinski definition) is 5. The average Bonchev–Trinajstić information content (AvgIpc) is 3.96. The van der Waals surface area contributed by atoms with Gasteiger partial charge in [0.25, 0.3) is 0 Å². The van der Waals surface area contributed by atoms with Crippen LogP contribution in [0.5, 0.6) is 0 Å². The highest BCUT2D eigenvalue weighted by Crippen LogP contribution is 2.41. The molecule has 8 aromatic carbocycles. The van der Waals surface area contributed by atoms with E-state index in [1.165, 1.54) is 25.6 Å². The van der Waals surface area contributed by atoms with Crippen LogP contribution < -0.4 is 0 Å². The second kappa shape index (κ2) is 12.6. The third kappa shape index (κ3) is 5.12. The van der Waals surface area contributed by atoms with Crippen molar-refractivity contribution in [2.75, 3.05) is 0 Å². The monoisotopic (exact) mass is 746 g/mol. The summed E-state index contributed by atoms with van der Waals surface area (Å²) in [5.41, 5.74) is 9.94. The minimum Gasteiger partial charge on any atom is -0.454 e. The lowest BCUT2D eigenvalue weighted by Crippen LogP contribution is -2.00. The molecular formula is C51H30N4OS. The third-order valence-electron chi connectivity index (χ3n) is 11.1. The molecule has 0 aliphatic heterocycles. The fraction of sp³-hybridized carbons (Fsp3) is 0. The summed E-state index contributed by atoms with van der Waals surface area (Å²) in [7, 11) is 0. The van der Waals surface area contributed by atoms with E-state index in [1.807, 2.05) is 6.07 Å². The Morgan fingerprint density at radius 1 is 0.386 bits per heavy atom. The van der Waals surface area contributed by atoms with Gasteiger partial charge in [-0.2, -0.15) is 0 Å². The molecule has 57 heavy (non-hydrogen) atoms. The molecule has 5 nitrogen and oxygen atoms in total. The molecular weight excluding hydrogens is 717 g/mol. The van der Waals surface area contributed by atoms with Gasteiger partial charge in [-0.15, -0.1) is 11.3 Å². The second-order valence-electron chi connectivity index (χ2n) is 14.4. The highest BCUT2D eigenvalue weighted by atomic mass is 32.1. The summed E-state index contributed by atoms with van der Waals surface area (Å²) in [6, 6.07) is 63.7. The SMILES string of the molecule is c1ccc(-c2ccc(-c3nc(-c4ccc5c(c4)oc4c5ccc5c6ccccc6n(-c6ccccc6)c54)nc(-c4ccc5sc6ccccc6c5c4)n3)cc2)cc1. The van der Waals surface area contributed by atoms with Gasteiger partial charge in [-0.1, -0.05) is 121 Å². The summed E-state index contributed by atoms with van der Waals surface area (Å²) >= 11 is 1.80. The third-order valence-corrected chi connectivity index (χ3v) is 12.2. The Hall–Kier alpha value is -7.41. The topological polar surface area (TPSA) is 56.7 Å². The zero-order valence-corrected chi connectivity index (χ0v) is 31.2. The van der Waals surface area contributed by atoms with Crippen molar-refractivity contribution in [2.24, 2.45) is 0 Å².